The highest BCUT2D eigenvalue weighted by Gasteiger charge is 2.45. The van der Waals surface area contributed by atoms with Crippen molar-refractivity contribution in [1.82, 2.24) is 124 Å². The van der Waals surface area contributed by atoms with Crippen molar-refractivity contribution in [3.05, 3.63) is 291 Å². The second-order valence-electron chi connectivity index (χ2n) is 40.7. The Morgan fingerprint density at radius 1 is 0.361 bits per heavy atom. The summed E-state index contributed by atoms with van der Waals surface area (Å²) >= 11 is 0. The molecule has 1 aromatic carbocycles. The molecule has 34 heteroatoms. The molecule has 4 fully saturated rings. The van der Waals surface area contributed by atoms with Crippen molar-refractivity contribution in [2.75, 3.05) is 10.6 Å². The Morgan fingerprint density at radius 3 is 1.01 bits per heavy atom. The van der Waals surface area contributed by atoms with Gasteiger partial charge in [0.05, 0.1) is 201 Å². The number of imidazole rings is 5. The van der Waals surface area contributed by atoms with Crippen LogP contribution in [-0.2, 0) is 64.3 Å². The fourth-order valence-electron chi connectivity index (χ4n) is 19.7. The molecule has 147 heavy (non-hydrogen) atoms. The topological polar surface area (TPSA) is 408 Å². The molecule has 4 saturated carbocycles. The average Bonchev–Trinajstić information content (AvgIpc) is 1.60. The first-order chi connectivity index (χ1) is 70.7. The summed E-state index contributed by atoms with van der Waals surface area (Å²) in [7, 11) is 0. The molecule has 7 N–H and O–H groups in total. The summed E-state index contributed by atoms with van der Waals surface area (Å²) < 4.78 is 37.8. The molecule has 7 atom stereocenters. The lowest BCUT2D eigenvalue weighted by molar-refractivity contribution is 0.0938. The first-order valence-corrected chi connectivity index (χ1v) is 51.1. The molecule has 4 aliphatic rings. The molecule has 6 unspecified atom stereocenters. The zero-order chi connectivity index (χ0) is 104. The summed E-state index contributed by atoms with van der Waals surface area (Å²) in [6.07, 6.45) is 35.2. The van der Waals surface area contributed by atoms with Crippen molar-refractivity contribution < 1.29 is 34.3 Å². The summed E-state index contributed by atoms with van der Waals surface area (Å²) in [5.74, 6) is 3.78. The summed E-state index contributed by atoms with van der Waals surface area (Å²) in [6, 6.07) is 38.2. The predicted molar refractivity (Wildman–Crippen MR) is 563 cm³/mol. The molecular weight excluding hydrogens is 1850 g/mol. The van der Waals surface area contributed by atoms with Gasteiger partial charge in [-0.1, -0.05) is 69.9 Å². The average molecular weight is 1990 g/mol. The van der Waals surface area contributed by atoms with Crippen LogP contribution < -0.4 is 10.6 Å². The van der Waals surface area contributed by atoms with E-state index >= 15 is 0 Å². The maximum absolute atomic E-state index is 14.4. The van der Waals surface area contributed by atoms with Gasteiger partial charge in [-0.3, -0.25) is 0 Å². The number of anilines is 2. The number of aromatic nitrogens is 25. The van der Waals surface area contributed by atoms with Crippen LogP contribution in [0.15, 0.2) is 178 Å². The van der Waals surface area contributed by atoms with Crippen molar-refractivity contribution in [3.63, 3.8) is 0 Å². The van der Waals surface area contributed by atoms with E-state index in [1.807, 2.05) is 194 Å². The van der Waals surface area contributed by atoms with Crippen LogP contribution >= 0.6 is 0 Å². The van der Waals surface area contributed by atoms with Crippen molar-refractivity contribution in [2.24, 2.45) is 23.7 Å². The number of alkyl halides is 2. The minimum absolute atomic E-state index is 0.0549. The molecule has 15 heterocycles. The Kier molecular flexibility index (Phi) is 33.7. The summed E-state index contributed by atoms with van der Waals surface area (Å²) in [6.45, 7) is 31.1. The van der Waals surface area contributed by atoms with Crippen LogP contribution in [0.2, 0.25) is 0 Å². The quantitative estimate of drug-likeness (QED) is 0.0239. The van der Waals surface area contributed by atoms with Crippen LogP contribution in [0, 0.1) is 92.9 Å². The lowest BCUT2D eigenvalue weighted by Crippen LogP contribution is -2.28. The maximum Gasteiger partial charge on any atom is 0.152 e. The van der Waals surface area contributed by atoms with E-state index < -0.39 is 11.3 Å². The number of aliphatic hydroxyl groups is 5. The Bertz CT molecular complexity index is 7090. The second kappa shape index (κ2) is 47.0. The number of halogens is 2. The highest BCUT2D eigenvalue weighted by Crippen LogP contribution is 2.49. The van der Waals surface area contributed by atoms with Crippen LogP contribution in [0.4, 0.5) is 20.4 Å². The molecule has 15 aromatic heterocycles. The number of aryl methyl sites for hydroxylation is 11. The lowest BCUT2D eigenvalue weighted by atomic mass is 9.78. The van der Waals surface area contributed by atoms with Gasteiger partial charge in [0.1, 0.15) is 39.8 Å². The van der Waals surface area contributed by atoms with Gasteiger partial charge in [-0.15, -0.1) is 35.7 Å². The summed E-state index contributed by atoms with van der Waals surface area (Å²) in [5, 5.41) is 100. The van der Waals surface area contributed by atoms with E-state index in [1.165, 1.54) is 36.8 Å². The Hall–Kier alpha value is -14.3. The fraction of sp³-hybridized carbons (Fsp3) is 0.416. The van der Waals surface area contributed by atoms with E-state index in [1.54, 1.807) is 45.5 Å². The minimum Gasteiger partial charge on any atom is -0.390 e. The Morgan fingerprint density at radius 2 is 0.694 bits per heavy atom. The van der Waals surface area contributed by atoms with Gasteiger partial charge >= 0.3 is 0 Å². The van der Waals surface area contributed by atoms with Gasteiger partial charge < -0.3 is 59.0 Å². The zero-order valence-electron chi connectivity index (χ0n) is 87.1. The molecule has 0 spiro atoms. The number of pyridine rings is 5. The number of hydrogen-bond donors (Lipinski definition) is 7. The van der Waals surface area contributed by atoms with E-state index in [4.69, 9.17) is 0 Å². The van der Waals surface area contributed by atoms with Crippen LogP contribution in [0.5, 0.6) is 0 Å². The third-order valence-corrected chi connectivity index (χ3v) is 28.3. The maximum atomic E-state index is 14.4. The van der Waals surface area contributed by atoms with Crippen LogP contribution in [0.3, 0.4) is 0 Å². The molecule has 0 amide bonds. The third kappa shape index (κ3) is 26.4. The van der Waals surface area contributed by atoms with E-state index in [9.17, 15) is 34.3 Å². The van der Waals surface area contributed by atoms with Gasteiger partial charge in [0.2, 0.25) is 0 Å². The number of nitrogens with one attached hydrogen (secondary N) is 2. The van der Waals surface area contributed by atoms with Crippen LogP contribution in [-0.4, -0.2) is 167 Å². The van der Waals surface area contributed by atoms with Gasteiger partial charge in [-0.05, 0) is 334 Å². The van der Waals surface area contributed by atoms with E-state index in [0.717, 1.165) is 201 Å². The predicted octanol–water partition coefficient (Wildman–Crippen LogP) is 19.9. The fourth-order valence-corrected chi connectivity index (χ4v) is 19.7. The van der Waals surface area contributed by atoms with Crippen molar-refractivity contribution >= 4 is 11.6 Å². The molecular formula is C113H135F2N27O5. The van der Waals surface area contributed by atoms with E-state index in [2.05, 4.69) is 183 Å². The van der Waals surface area contributed by atoms with Gasteiger partial charge in [-0.2, -0.15) is 15.3 Å². The first-order valence-electron chi connectivity index (χ1n) is 51.1. The standard InChI is InChI=1S/C26H28N6O.C23H28FN5O.C23H29N5O.C22H26FN5O.C19H24N6O/c1-4-19-13-22(21-9-10-24(23(15-33)28-21)32-14-18(3)27-16-32)30-31-25(19)29-26(11-12-26)20-7-5-17(2)6-8-20;1-15-9-20(28-27-19(15)10-17-5-4-8-23(3,24)11-17)18-6-7-22(21(13-30)26-18)29-12-16(2)25-14-29;1-15-5-4-6-18(9-15)11-20-16(2)10-21(27-26-20)19-7-8-23(22(13-29)25-19)28-12-17(3)24-14-28;1-14-8-19(27-26-18(14)9-16-6-7-22(3,23)10-16)17-4-5-21(20(12-29)25-17)28-11-15(2)24-13-28;1-5-13(3)21-19-12(2)8-16(23-24-19)15-6-7-18(17(10-26)22-15)25-9-14(4)20-11-25/h5-10,13-14,16,33H,4,11-12,15H2,1-3H3,(H,29,31);6-7,9,12,14,17,30H,4-5,8,10-11,13H2,1-3H3;7-8,10,12,14-15,18,29H,4-6,9,11,13H2,1-3H3;4-5,8,11,13,16,29H,6-7,9-10,12H2,1-3H3;6-9,11,13,26H,5,10H2,1-4H3,(H,21,24)/t;;;;13-/m....1/s1. The van der Waals surface area contributed by atoms with Crippen molar-refractivity contribution in [2.45, 2.75) is 282 Å². The summed E-state index contributed by atoms with van der Waals surface area (Å²) in [4.78, 5) is 44.3. The largest absolute Gasteiger partial charge is 0.390 e. The Labute approximate surface area is 857 Å². The number of rotatable bonds is 28. The van der Waals surface area contributed by atoms with Gasteiger partial charge in [0.25, 0.3) is 0 Å². The molecule has 0 saturated heterocycles. The third-order valence-electron chi connectivity index (χ3n) is 28.3. The first kappa shape index (κ1) is 105. The SMILES string of the molecule is CC[C@@H](C)Nc1nnc(-c2ccc(-n3cnc(C)c3)c(CO)n2)cc1C.CCc1cc(-c2ccc(-n3cnc(C)c3)c(CO)n2)nnc1NC1(c2ccc(C)cc2)CC1.Cc1cn(-c2ccc(-c3cc(C)c(CC4CCC(C)(F)C4)nn3)nc2CO)cn1.Cc1cn(-c2ccc(-c3cc(C)c(CC4CCCC(C)(F)C4)nn3)nc2CO)cn1.Cc1cn(-c2ccc(-c3cc(C)c(CC4CCCC(C)C4)nn3)nc2CO)cn1. The Balaban J connectivity index is 0.000000132. The van der Waals surface area contributed by atoms with Gasteiger partial charge in [-0.25, -0.2) is 58.6 Å². The highest BCUT2D eigenvalue weighted by molar-refractivity contribution is 5.65. The normalized spacial score (nSPS) is 17.9. The number of nitrogens with zero attached hydrogens (tertiary/aromatic N) is 25. The zero-order valence-corrected chi connectivity index (χ0v) is 87.1. The van der Waals surface area contributed by atoms with E-state index in [-0.39, 0.29) is 38.6 Å². The van der Waals surface area contributed by atoms with Crippen LogP contribution in [0.1, 0.15) is 244 Å². The van der Waals surface area contributed by atoms with Crippen molar-refractivity contribution in [3.8, 4) is 85.4 Å². The molecule has 32 nitrogen and oxygen atoms in total. The number of aliphatic hydroxyl groups excluding tert-OH is 5. The molecule has 4 aliphatic carbocycles. The molecule has 0 aliphatic heterocycles. The number of benzene rings is 1. The molecule has 766 valence electrons. The smallest absolute Gasteiger partial charge is 0.152 e. The van der Waals surface area contributed by atoms with E-state index in [0.29, 0.717) is 118 Å². The highest BCUT2D eigenvalue weighted by atomic mass is 19.1. The molecule has 20 rings (SSSR count). The monoisotopic (exact) mass is 1990 g/mol. The minimum atomic E-state index is -1.07. The van der Waals surface area contributed by atoms with Gasteiger partial charge in [0, 0.05) is 37.0 Å². The van der Waals surface area contributed by atoms with Crippen molar-refractivity contribution in [1.29, 1.82) is 0 Å². The molecule has 0 radical (unpaired) electrons. The summed E-state index contributed by atoms with van der Waals surface area (Å²) in [5.41, 5.74) is 26.9. The van der Waals surface area contributed by atoms with Crippen LogP contribution in [0.25, 0.3) is 85.4 Å². The molecule has 0 bridgehead atoms. The molecule has 16 aromatic rings. The van der Waals surface area contributed by atoms with Gasteiger partial charge in [0.15, 0.2) is 11.6 Å². The lowest BCUT2D eigenvalue weighted by Gasteiger charge is -2.31. The number of hydrogen-bond acceptors (Lipinski definition) is 27. The second-order valence-corrected chi connectivity index (χ2v) is 40.7.